The molecule has 4 rings (SSSR count). The van der Waals surface area contributed by atoms with Gasteiger partial charge in [-0.1, -0.05) is 30.3 Å². The lowest BCUT2D eigenvalue weighted by molar-refractivity contribution is -0.138. The van der Waals surface area contributed by atoms with Gasteiger partial charge in [0.1, 0.15) is 17.4 Å². The highest BCUT2D eigenvalue weighted by molar-refractivity contribution is 5.96. The molecule has 0 saturated carbocycles. The number of piperidine rings is 1. The third kappa shape index (κ3) is 4.04. The summed E-state index contributed by atoms with van der Waals surface area (Å²) in [6.45, 7) is 0.682. The van der Waals surface area contributed by atoms with Gasteiger partial charge in [0.2, 0.25) is 0 Å². The van der Waals surface area contributed by atoms with Gasteiger partial charge in [-0.05, 0) is 24.3 Å². The second-order valence-corrected chi connectivity index (χ2v) is 6.98. The van der Waals surface area contributed by atoms with E-state index >= 15 is 0 Å². The number of hydrogen-bond acceptors (Lipinski definition) is 3. The molecule has 0 atom stereocenters. The van der Waals surface area contributed by atoms with Crippen LogP contribution < -0.4 is 4.74 Å². The highest BCUT2D eigenvalue weighted by Gasteiger charge is 2.36. The molecule has 1 fully saturated rings. The van der Waals surface area contributed by atoms with Crippen LogP contribution in [0, 0.1) is 0 Å². The molecule has 1 saturated heterocycles. The molecule has 1 amide bonds. The van der Waals surface area contributed by atoms with Crippen molar-refractivity contribution in [2.75, 3.05) is 13.1 Å². The molecule has 4 nitrogen and oxygen atoms in total. The monoisotopic (exact) mass is 400 g/mol. The van der Waals surface area contributed by atoms with Gasteiger partial charge in [-0.2, -0.15) is 13.2 Å². The molecule has 1 aromatic heterocycles. The first kappa shape index (κ1) is 19.2. The molecule has 0 unspecified atom stereocenters. The average Bonchev–Trinajstić information content (AvgIpc) is 2.73. The summed E-state index contributed by atoms with van der Waals surface area (Å²) in [4.78, 5) is 18.5. The van der Waals surface area contributed by atoms with E-state index in [1.807, 2.05) is 30.3 Å². The predicted octanol–water partition coefficient (Wildman–Crippen LogP) is 4.94. The highest BCUT2D eigenvalue weighted by Crippen LogP contribution is 2.33. The molecule has 2 heterocycles. The van der Waals surface area contributed by atoms with Gasteiger partial charge < -0.3 is 9.64 Å². The fourth-order valence-electron chi connectivity index (χ4n) is 3.61. The van der Waals surface area contributed by atoms with Crippen LogP contribution in [-0.2, 0) is 6.18 Å². The number of likely N-dealkylation sites (tertiary alicyclic amines) is 1. The lowest BCUT2D eigenvalue weighted by atomic mass is 10.0. The van der Waals surface area contributed by atoms with Crippen molar-refractivity contribution in [1.82, 2.24) is 9.88 Å². The van der Waals surface area contributed by atoms with Gasteiger partial charge >= 0.3 is 6.18 Å². The number of alkyl halides is 3. The van der Waals surface area contributed by atoms with E-state index in [1.54, 1.807) is 6.20 Å². The fourth-order valence-corrected chi connectivity index (χ4v) is 3.61. The summed E-state index contributed by atoms with van der Waals surface area (Å²) in [5, 5.41) is 0.973. The number of carbonyl (C=O) groups is 1. The molecule has 0 N–H and O–H groups in total. The quantitative estimate of drug-likeness (QED) is 0.626. The lowest BCUT2D eigenvalue weighted by Gasteiger charge is -2.32. The number of ether oxygens (including phenoxy) is 1. The fraction of sp³-hybridized carbons (Fsp3) is 0.273. The van der Waals surface area contributed by atoms with Crippen molar-refractivity contribution >= 4 is 16.8 Å². The largest absolute Gasteiger partial charge is 0.488 e. The van der Waals surface area contributed by atoms with Crippen molar-refractivity contribution < 1.29 is 22.7 Å². The second-order valence-electron chi connectivity index (χ2n) is 6.98. The van der Waals surface area contributed by atoms with Crippen molar-refractivity contribution in [3.8, 4) is 5.75 Å². The van der Waals surface area contributed by atoms with E-state index in [4.69, 9.17) is 4.74 Å². The zero-order chi connectivity index (χ0) is 20.4. The molecule has 7 heteroatoms. The topological polar surface area (TPSA) is 42.4 Å². The Morgan fingerprint density at radius 2 is 1.72 bits per heavy atom. The molecule has 0 bridgehead atoms. The van der Waals surface area contributed by atoms with E-state index in [0.717, 1.165) is 17.0 Å². The number of para-hydroxylation sites is 1. The maximum absolute atomic E-state index is 13.2. The maximum atomic E-state index is 13.2. The molecule has 1 aliphatic rings. The second kappa shape index (κ2) is 7.73. The number of fused-ring (bicyclic) bond motifs is 1. The number of halogens is 3. The minimum absolute atomic E-state index is 0.121. The third-order valence-corrected chi connectivity index (χ3v) is 5.08. The van der Waals surface area contributed by atoms with E-state index in [-0.39, 0.29) is 11.7 Å². The number of rotatable bonds is 3. The zero-order valence-electron chi connectivity index (χ0n) is 15.5. The molecule has 3 aromatic rings. The predicted molar refractivity (Wildman–Crippen MR) is 103 cm³/mol. The number of pyridine rings is 1. The summed E-state index contributed by atoms with van der Waals surface area (Å²) >= 11 is 0. The number of amides is 1. The van der Waals surface area contributed by atoms with Crippen LogP contribution in [0.15, 0.2) is 60.8 Å². The van der Waals surface area contributed by atoms with Gasteiger partial charge in [0.05, 0.1) is 11.1 Å². The first-order valence-corrected chi connectivity index (χ1v) is 9.39. The first-order valence-electron chi connectivity index (χ1n) is 9.39. The van der Waals surface area contributed by atoms with Gasteiger partial charge in [-0.15, -0.1) is 0 Å². The standard InChI is InChI=1S/C22H19F3N2O2/c23-22(24,25)18-8-2-1-7-17(18)21(28)27-13-10-16(11-14-27)29-19-9-3-5-15-6-4-12-26-20(15)19/h1-9,12,16H,10-11,13-14H2. The molecule has 1 aliphatic heterocycles. The van der Waals surface area contributed by atoms with Crippen LogP contribution in [0.5, 0.6) is 5.75 Å². The van der Waals surface area contributed by atoms with Crippen LogP contribution in [0.25, 0.3) is 10.9 Å². The van der Waals surface area contributed by atoms with Gasteiger partial charge in [-0.25, -0.2) is 0 Å². The number of nitrogens with zero attached hydrogens (tertiary/aromatic N) is 2. The van der Waals surface area contributed by atoms with E-state index in [2.05, 4.69) is 4.98 Å². The Morgan fingerprint density at radius 1 is 1.00 bits per heavy atom. The van der Waals surface area contributed by atoms with Gasteiger partial charge in [0.25, 0.3) is 5.91 Å². The van der Waals surface area contributed by atoms with E-state index in [9.17, 15) is 18.0 Å². The van der Waals surface area contributed by atoms with Crippen LogP contribution in [0.1, 0.15) is 28.8 Å². The normalized spacial score (nSPS) is 15.5. The molecular weight excluding hydrogens is 381 g/mol. The average molecular weight is 400 g/mol. The lowest BCUT2D eigenvalue weighted by Crippen LogP contribution is -2.42. The first-order chi connectivity index (χ1) is 13.9. The number of carbonyl (C=O) groups excluding carboxylic acids is 1. The number of aromatic nitrogens is 1. The van der Waals surface area contributed by atoms with Crippen molar-refractivity contribution in [2.24, 2.45) is 0 Å². The van der Waals surface area contributed by atoms with E-state index in [0.29, 0.717) is 31.7 Å². The summed E-state index contributed by atoms with van der Waals surface area (Å²) in [7, 11) is 0. The number of benzene rings is 2. The summed E-state index contributed by atoms with van der Waals surface area (Å²) in [6, 6.07) is 14.4. The minimum Gasteiger partial charge on any atom is -0.488 e. The highest BCUT2D eigenvalue weighted by atomic mass is 19.4. The Labute approximate surface area is 165 Å². The van der Waals surface area contributed by atoms with Crippen molar-refractivity contribution in [3.63, 3.8) is 0 Å². The Morgan fingerprint density at radius 3 is 2.48 bits per heavy atom. The Bertz CT molecular complexity index is 1020. The molecular formula is C22H19F3N2O2. The van der Waals surface area contributed by atoms with Crippen LogP contribution >= 0.6 is 0 Å². The number of hydrogen-bond donors (Lipinski definition) is 0. The smallest absolute Gasteiger partial charge is 0.417 e. The SMILES string of the molecule is O=C(c1ccccc1C(F)(F)F)N1CCC(Oc2cccc3cccnc23)CC1. The molecule has 0 radical (unpaired) electrons. The molecule has 150 valence electrons. The van der Waals surface area contributed by atoms with Crippen molar-refractivity contribution in [3.05, 3.63) is 71.9 Å². The summed E-state index contributed by atoms with van der Waals surface area (Å²) < 4.78 is 45.7. The van der Waals surface area contributed by atoms with Crippen LogP contribution in [0.4, 0.5) is 13.2 Å². The Balaban J connectivity index is 1.44. The zero-order valence-corrected chi connectivity index (χ0v) is 15.5. The Hall–Kier alpha value is -3.09. The minimum atomic E-state index is -4.56. The summed E-state index contributed by atoms with van der Waals surface area (Å²) in [5.74, 6) is 0.0819. The third-order valence-electron chi connectivity index (χ3n) is 5.08. The summed E-state index contributed by atoms with van der Waals surface area (Å²) in [5.41, 5.74) is -0.435. The van der Waals surface area contributed by atoms with Gasteiger partial charge in [-0.3, -0.25) is 9.78 Å². The van der Waals surface area contributed by atoms with Crippen molar-refractivity contribution in [1.29, 1.82) is 0 Å². The molecule has 0 spiro atoms. The van der Waals surface area contributed by atoms with E-state index < -0.39 is 17.6 Å². The van der Waals surface area contributed by atoms with Crippen molar-refractivity contribution in [2.45, 2.75) is 25.1 Å². The van der Waals surface area contributed by atoms with Crippen LogP contribution in [0.3, 0.4) is 0 Å². The maximum Gasteiger partial charge on any atom is 0.417 e. The van der Waals surface area contributed by atoms with Gasteiger partial charge in [0.15, 0.2) is 0 Å². The molecule has 0 aliphatic carbocycles. The Kier molecular flexibility index (Phi) is 5.13. The van der Waals surface area contributed by atoms with Gasteiger partial charge in [0, 0.05) is 37.5 Å². The van der Waals surface area contributed by atoms with E-state index in [1.165, 1.54) is 23.1 Å². The molecule has 2 aromatic carbocycles. The van der Waals surface area contributed by atoms with Crippen LogP contribution in [0.2, 0.25) is 0 Å². The molecule has 29 heavy (non-hydrogen) atoms. The summed E-state index contributed by atoms with van der Waals surface area (Å²) in [6.07, 6.45) is -1.89. The van der Waals surface area contributed by atoms with Crippen LogP contribution in [-0.4, -0.2) is 35.0 Å².